The lowest BCUT2D eigenvalue weighted by molar-refractivity contribution is -0.117. The second-order valence-corrected chi connectivity index (χ2v) is 8.19. The Kier molecular flexibility index (Phi) is 9.24. The molecule has 4 aromatic rings. The van der Waals surface area contributed by atoms with Crippen LogP contribution in [-0.4, -0.2) is 35.1 Å². The van der Waals surface area contributed by atoms with Gasteiger partial charge in [0.1, 0.15) is 17.2 Å². The fourth-order valence-corrected chi connectivity index (χ4v) is 3.73. The summed E-state index contributed by atoms with van der Waals surface area (Å²) in [4.78, 5) is 23.2. The molecule has 0 atom stereocenters. The molecule has 0 aliphatic heterocycles. The van der Waals surface area contributed by atoms with E-state index < -0.39 is 46.7 Å². The van der Waals surface area contributed by atoms with Crippen LogP contribution in [0.3, 0.4) is 0 Å². The highest BCUT2D eigenvalue weighted by atomic mass is 19.2. The van der Waals surface area contributed by atoms with Crippen molar-refractivity contribution in [2.75, 3.05) is 19.1 Å². The van der Waals surface area contributed by atoms with Crippen molar-refractivity contribution < 1.29 is 32.2 Å². The van der Waals surface area contributed by atoms with Crippen molar-refractivity contribution in [1.82, 2.24) is 9.97 Å². The summed E-state index contributed by atoms with van der Waals surface area (Å²) in [5, 5.41) is 9.70. The summed E-state index contributed by atoms with van der Waals surface area (Å²) < 4.78 is 61.0. The molecule has 1 heterocycles. The maximum absolute atomic E-state index is 14.4. The van der Waals surface area contributed by atoms with Gasteiger partial charge in [-0.25, -0.2) is 27.5 Å². The number of anilines is 1. The molecule has 0 spiro atoms. The molecule has 0 radical (unpaired) electrons. The number of carbonyl (C=O) groups excluding carboxylic acids is 1. The number of carbonyl (C=O) groups is 1. The van der Waals surface area contributed by atoms with Gasteiger partial charge in [0.15, 0.2) is 29.1 Å². The number of nitrogens with zero attached hydrogens (tertiary/aromatic N) is 3. The van der Waals surface area contributed by atoms with E-state index in [4.69, 9.17) is 4.74 Å². The van der Waals surface area contributed by atoms with E-state index in [2.05, 4.69) is 9.97 Å². The lowest BCUT2D eigenvalue weighted by Gasteiger charge is -2.21. The fraction of sp³-hybridized carbons (Fsp3) is 0.207. The lowest BCUT2D eigenvalue weighted by Crippen LogP contribution is -2.30. The van der Waals surface area contributed by atoms with Crippen LogP contribution in [0, 0.1) is 30.2 Å². The number of methoxy groups -OCH3 is 1. The molecule has 4 rings (SSSR count). The van der Waals surface area contributed by atoms with E-state index in [1.54, 1.807) is 43.5 Å². The van der Waals surface area contributed by atoms with Gasteiger partial charge in [-0.1, -0.05) is 13.8 Å². The second-order valence-electron chi connectivity index (χ2n) is 8.19. The molecule has 1 amide bonds. The van der Waals surface area contributed by atoms with Crippen LogP contribution in [0.5, 0.6) is 11.5 Å². The lowest BCUT2D eigenvalue weighted by atomic mass is 10.0. The number of benzene rings is 3. The molecule has 0 saturated heterocycles. The number of phenols is 1. The van der Waals surface area contributed by atoms with Crippen molar-refractivity contribution in [3.8, 4) is 34.0 Å². The van der Waals surface area contributed by atoms with Gasteiger partial charge in [0.2, 0.25) is 5.91 Å². The first kappa shape index (κ1) is 29.1. The van der Waals surface area contributed by atoms with E-state index in [0.29, 0.717) is 22.6 Å². The number of aromatic hydroxyl groups is 1. The van der Waals surface area contributed by atoms with Crippen molar-refractivity contribution in [1.29, 1.82) is 0 Å². The molecular weight excluding hydrogens is 514 g/mol. The summed E-state index contributed by atoms with van der Waals surface area (Å²) in [6, 6.07) is 13.1. The SMILES string of the molecule is CC.COc1ccc(-c2cnc(N(C)C(=O)Cc3c(C)c(F)c(F)c(F)c3F)c(-c3ccc(O)cc3)n2)cc1. The van der Waals surface area contributed by atoms with Gasteiger partial charge in [-0.2, -0.15) is 0 Å². The Balaban J connectivity index is 0.00000205. The number of rotatable bonds is 6. The maximum atomic E-state index is 14.4. The normalized spacial score (nSPS) is 10.5. The van der Waals surface area contributed by atoms with E-state index in [0.717, 1.165) is 11.8 Å². The Bertz CT molecular complexity index is 1450. The minimum Gasteiger partial charge on any atom is -0.508 e. The van der Waals surface area contributed by atoms with Gasteiger partial charge in [-0.3, -0.25) is 9.69 Å². The number of likely N-dealkylation sites (N-methyl/N-ethyl adjacent to an activating group) is 1. The highest BCUT2D eigenvalue weighted by molar-refractivity contribution is 5.96. The quantitative estimate of drug-likeness (QED) is 0.169. The van der Waals surface area contributed by atoms with E-state index in [9.17, 15) is 27.5 Å². The van der Waals surface area contributed by atoms with Gasteiger partial charge in [-0.15, -0.1) is 0 Å². The third-order valence-corrected chi connectivity index (χ3v) is 5.92. The Morgan fingerprint density at radius 1 is 0.897 bits per heavy atom. The zero-order valence-corrected chi connectivity index (χ0v) is 22.0. The van der Waals surface area contributed by atoms with Gasteiger partial charge in [0.25, 0.3) is 0 Å². The molecule has 39 heavy (non-hydrogen) atoms. The van der Waals surface area contributed by atoms with E-state index >= 15 is 0 Å². The smallest absolute Gasteiger partial charge is 0.232 e. The van der Waals surface area contributed by atoms with Crippen LogP contribution >= 0.6 is 0 Å². The highest BCUT2D eigenvalue weighted by Crippen LogP contribution is 2.32. The highest BCUT2D eigenvalue weighted by Gasteiger charge is 2.27. The molecule has 1 N–H and O–H groups in total. The number of aromatic nitrogens is 2. The minimum atomic E-state index is -1.98. The summed E-state index contributed by atoms with van der Waals surface area (Å²) in [5.74, 6) is -7.13. The van der Waals surface area contributed by atoms with Crippen molar-refractivity contribution in [2.24, 2.45) is 0 Å². The standard InChI is InChI=1S/C27H21F4N3O3.C2H6/c1-14-19(23(29)25(31)24(30)22(14)28)12-21(36)34(2)27-26(16-4-8-17(35)9-5-16)33-20(13-32-27)15-6-10-18(37-3)11-7-15;1-2/h4-11,13,35H,12H2,1-3H3;1-2H3. The molecule has 6 nitrogen and oxygen atoms in total. The summed E-state index contributed by atoms with van der Waals surface area (Å²) in [6.07, 6.45) is 0.688. The molecule has 0 saturated carbocycles. The molecule has 0 fully saturated rings. The van der Waals surface area contributed by atoms with Crippen LogP contribution in [0.15, 0.2) is 54.7 Å². The van der Waals surface area contributed by atoms with Gasteiger partial charge in [0.05, 0.1) is 25.4 Å². The number of ether oxygens (including phenoxy) is 1. The molecule has 0 bridgehead atoms. The fourth-order valence-electron chi connectivity index (χ4n) is 3.73. The zero-order valence-electron chi connectivity index (χ0n) is 22.0. The number of halogens is 4. The molecule has 10 heteroatoms. The molecule has 0 aliphatic rings. The topological polar surface area (TPSA) is 75.5 Å². The van der Waals surface area contributed by atoms with Crippen molar-refractivity contribution >= 4 is 11.7 Å². The van der Waals surface area contributed by atoms with Crippen LogP contribution in [-0.2, 0) is 11.2 Å². The summed E-state index contributed by atoms with van der Waals surface area (Å²) in [6.45, 7) is 5.06. The van der Waals surface area contributed by atoms with Gasteiger partial charge in [-0.05, 0) is 61.0 Å². The number of hydrogen-bond donors (Lipinski definition) is 1. The first-order chi connectivity index (χ1) is 18.6. The van der Waals surface area contributed by atoms with E-state index in [-0.39, 0.29) is 17.3 Å². The summed E-state index contributed by atoms with van der Waals surface area (Å²) >= 11 is 0. The first-order valence-corrected chi connectivity index (χ1v) is 12.0. The molecule has 204 valence electrons. The third-order valence-electron chi connectivity index (χ3n) is 5.92. The second kappa shape index (κ2) is 12.4. The van der Waals surface area contributed by atoms with Crippen LogP contribution in [0.4, 0.5) is 23.4 Å². The van der Waals surface area contributed by atoms with Gasteiger partial charge < -0.3 is 9.84 Å². The van der Waals surface area contributed by atoms with E-state index in [1.807, 2.05) is 13.8 Å². The zero-order chi connectivity index (χ0) is 28.9. The number of phenolic OH excluding ortho intramolecular Hbond substituents is 1. The molecule has 0 aliphatic carbocycles. The Morgan fingerprint density at radius 2 is 1.46 bits per heavy atom. The van der Waals surface area contributed by atoms with E-state index in [1.165, 1.54) is 25.4 Å². The maximum Gasteiger partial charge on any atom is 0.232 e. The average Bonchev–Trinajstić information content (AvgIpc) is 2.98. The predicted octanol–water partition coefficient (Wildman–Crippen LogP) is 6.62. The Hall–Kier alpha value is -4.47. The summed E-state index contributed by atoms with van der Waals surface area (Å²) in [7, 11) is 2.90. The monoisotopic (exact) mass is 541 g/mol. The molecule has 0 unspecified atom stereocenters. The summed E-state index contributed by atoms with van der Waals surface area (Å²) in [5.41, 5.74) is 0.859. The average molecular weight is 542 g/mol. The molecule has 1 aromatic heterocycles. The molecule has 3 aromatic carbocycles. The predicted molar refractivity (Wildman–Crippen MR) is 141 cm³/mol. The van der Waals surface area contributed by atoms with Crippen LogP contribution in [0.25, 0.3) is 22.5 Å². The minimum absolute atomic E-state index is 0.0142. The number of amides is 1. The van der Waals surface area contributed by atoms with Crippen LogP contribution in [0.1, 0.15) is 25.0 Å². The largest absolute Gasteiger partial charge is 0.508 e. The Labute approximate surface area is 223 Å². The van der Waals surface area contributed by atoms with Crippen LogP contribution < -0.4 is 9.64 Å². The van der Waals surface area contributed by atoms with Crippen molar-refractivity contribution in [3.63, 3.8) is 0 Å². The molecular formula is C29H27F4N3O3. The first-order valence-electron chi connectivity index (χ1n) is 12.0. The van der Waals surface area contributed by atoms with Gasteiger partial charge in [0, 0.05) is 23.7 Å². The van der Waals surface area contributed by atoms with Gasteiger partial charge >= 0.3 is 0 Å². The Morgan fingerprint density at radius 3 is 2.05 bits per heavy atom. The van der Waals surface area contributed by atoms with Crippen molar-refractivity contribution in [2.45, 2.75) is 27.2 Å². The number of hydrogen-bond acceptors (Lipinski definition) is 5. The third kappa shape index (κ3) is 6.00. The van der Waals surface area contributed by atoms with Crippen molar-refractivity contribution in [3.05, 3.63) is 89.1 Å². The van der Waals surface area contributed by atoms with Crippen LogP contribution in [0.2, 0.25) is 0 Å².